The number of nitrogens with one attached hydrogen (secondary N) is 1. The number of ether oxygens (including phenoxy) is 2. The van der Waals surface area contributed by atoms with Gasteiger partial charge < -0.3 is 14.8 Å². The fourth-order valence-corrected chi connectivity index (χ4v) is 1.44. The van der Waals surface area contributed by atoms with Crippen LogP contribution >= 0.6 is 0 Å². The molecule has 1 aromatic rings. The van der Waals surface area contributed by atoms with Crippen molar-refractivity contribution in [2.24, 2.45) is 0 Å². The maximum Gasteiger partial charge on any atom is 0.0639 e. The Balaban J connectivity index is 2.05. The molecule has 16 heavy (non-hydrogen) atoms. The Morgan fingerprint density at radius 2 is 1.94 bits per heavy atom. The molecular weight excluding hydrogens is 202 g/mol. The molecule has 3 nitrogen and oxygen atoms in total. The Kier molecular flexibility index (Phi) is 6.61. The van der Waals surface area contributed by atoms with Crippen LogP contribution in [0.2, 0.25) is 0 Å². The number of para-hydroxylation sites is 1. The highest BCUT2D eigenvalue weighted by Gasteiger charge is 1.94. The molecule has 0 spiro atoms. The molecule has 0 atom stereocenters. The van der Waals surface area contributed by atoms with Crippen molar-refractivity contribution in [1.29, 1.82) is 0 Å². The zero-order valence-electron chi connectivity index (χ0n) is 10.2. The quantitative estimate of drug-likeness (QED) is 0.687. The van der Waals surface area contributed by atoms with E-state index in [4.69, 9.17) is 9.47 Å². The molecule has 0 bridgehead atoms. The smallest absolute Gasteiger partial charge is 0.0639 e. The molecule has 0 unspecified atom stereocenters. The van der Waals surface area contributed by atoms with Gasteiger partial charge in [0.1, 0.15) is 0 Å². The first kappa shape index (κ1) is 13.0. The summed E-state index contributed by atoms with van der Waals surface area (Å²) < 4.78 is 10.4. The molecular formula is C13H21NO2. The number of hydrogen-bond donors (Lipinski definition) is 1. The van der Waals surface area contributed by atoms with E-state index in [9.17, 15) is 0 Å². The Hall–Kier alpha value is -1.06. The minimum Gasteiger partial charge on any atom is -0.385 e. The summed E-state index contributed by atoms with van der Waals surface area (Å²) in [5.41, 5.74) is 2.45. The third-order valence-corrected chi connectivity index (χ3v) is 2.34. The van der Waals surface area contributed by atoms with Gasteiger partial charge in [0.05, 0.1) is 6.61 Å². The van der Waals surface area contributed by atoms with Gasteiger partial charge in [0.15, 0.2) is 0 Å². The third kappa shape index (κ3) is 5.14. The summed E-state index contributed by atoms with van der Waals surface area (Å²) in [5, 5.41) is 3.35. The van der Waals surface area contributed by atoms with Crippen molar-refractivity contribution < 1.29 is 9.47 Å². The molecule has 90 valence electrons. The average molecular weight is 223 g/mol. The Labute approximate surface area is 97.8 Å². The summed E-state index contributed by atoms with van der Waals surface area (Å²) in [7, 11) is 1.71. The molecule has 1 aromatic carbocycles. The fraction of sp³-hybridized carbons (Fsp3) is 0.538. The second-order valence-corrected chi connectivity index (χ2v) is 3.70. The number of methoxy groups -OCH3 is 1. The molecule has 0 radical (unpaired) electrons. The Bertz CT molecular complexity index is 289. The average Bonchev–Trinajstić information content (AvgIpc) is 2.30. The lowest BCUT2D eigenvalue weighted by molar-refractivity contribution is 0.109. The van der Waals surface area contributed by atoms with Gasteiger partial charge in [-0.15, -0.1) is 0 Å². The molecule has 0 aromatic heterocycles. The van der Waals surface area contributed by atoms with Crippen molar-refractivity contribution in [1.82, 2.24) is 0 Å². The maximum absolute atomic E-state index is 5.45. The molecule has 1 rings (SSSR count). The van der Waals surface area contributed by atoms with Gasteiger partial charge in [-0.1, -0.05) is 18.2 Å². The van der Waals surface area contributed by atoms with Gasteiger partial charge >= 0.3 is 0 Å². The second kappa shape index (κ2) is 8.13. The van der Waals surface area contributed by atoms with Gasteiger partial charge in [0, 0.05) is 32.6 Å². The van der Waals surface area contributed by atoms with Crippen molar-refractivity contribution in [3.05, 3.63) is 29.8 Å². The number of anilines is 1. The molecule has 0 saturated heterocycles. The van der Waals surface area contributed by atoms with Crippen LogP contribution in [0, 0.1) is 6.92 Å². The number of rotatable bonds is 8. The lowest BCUT2D eigenvalue weighted by Crippen LogP contribution is -2.11. The lowest BCUT2D eigenvalue weighted by Gasteiger charge is -2.09. The number of benzene rings is 1. The summed E-state index contributed by atoms with van der Waals surface area (Å²) >= 11 is 0. The number of aryl methyl sites for hydroxylation is 1. The van der Waals surface area contributed by atoms with E-state index in [1.54, 1.807) is 7.11 Å². The highest BCUT2D eigenvalue weighted by molar-refractivity contribution is 5.50. The molecule has 0 aliphatic heterocycles. The highest BCUT2D eigenvalue weighted by atomic mass is 16.5. The lowest BCUT2D eigenvalue weighted by atomic mass is 10.2. The minimum atomic E-state index is 0.734. The molecule has 0 saturated carbocycles. The minimum absolute atomic E-state index is 0.734. The zero-order chi connectivity index (χ0) is 11.6. The van der Waals surface area contributed by atoms with Gasteiger partial charge in [-0.25, -0.2) is 0 Å². The van der Waals surface area contributed by atoms with Crippen LogP contribution in [0.15, 0.2) is 24.3 Å². The van der Waals surface area contributed by atoms with Crippen LogP contribution in [0.3, 0.4) is 0 Å². The summed E-state index contributed by atoms with van der Waals surface area (Å²) in [4.78, 5) is 0. The molecule has 3 heteroatoms. The topological polar surface area (TPSA) is 30.5 Å². The van der Waals surface area contributed by atoms with Crippen molar-refractivity contribution in [3.63, 3.8) is 0 Å². The van der Waals surface area contributed by atoms with Gasteiger partial charge in [-0.2, -0.15) is 0 Å². The Morgan fingerprint density at radius 1 is 1.12 bits per heavy atom. The molecule has 1 N–H and O–H groups in total. The first-order valence-electron chi connectivity index (χ1n) is 5.71. The SMILES string of the molecule is COCCCOCCNc1ccccc1C. The standard InChI is InChI=1S/C13H21NO2/c1-12-6-3-4-7-13(12)14-8-11-16-10-5-9-15-2/h3-4,6-7,14H,5,8-11H2,1-2H3. The van der Waals surface area contributed by atoms with Gasteiger partial charge in [0.25, 0.3) is 0 Å². The Morgan fingerprint density at radius 3 is 2.69 bits per heavy atom. The van der Waals surface area contributed by atoms with Crippen molar-refractivity contribution in [3.8, 4) is 0 Å². The summed E-state index contributed by atoms with van der Waals surface area (Å²) in [6, 6.07) is 8.26. The van der Waals surface area contributed by atoms with E-state index in [0.717, 1.165) is 32.8 Å². The molecule has 0 fully saturated rings. The largest absolute Gasteiger partial charge is 0.385 e. The molecule has 0 aliphatic rings. The van der Waals surface area contributed by atoms with Crippen molar-refractivity contribution in [2.45, 2.75) is 13.3 Å². The molecule has 0 aliphatic carbocycles. The summed E-state index contributed by atoms with van der Waals surface area (Å²) in [6.45, 7) is 5.21. The van der Waals surface area contributed by atoms with Crippen LogP contribution in [0.1, 0.15) is 12.0 Å². The summed E-state index contributed by atoms with van der Waals surface area (Å²) in [6.07, 6.45) is 0.959. The van der Waals surface area contributed by atoms with E-state index >= 15 is 0 Å². The van der Waals surface area contributed by atoms with Crippen molar-refractivity contribution in [2.75, 3.05) is 38.8 Å². The van der Waals surface area contributed by atoms with Crippen LogP contribution < -0.4 is 5.32 Å². The molecule has 0 amide bonds. The van der Waals surface area contributed by atoms with Gasteiger partial charge in [-0.05, 0) is 25.0 Å². The predicted molar refractivity (Wildman–Crippen MR) is 67.0 cm³/mol. The van der Waals surface area contributed by atoms with Gasteiger partial charge in [-0.3, -0.25) is 0 Å². The monoisotopic (exact) mass is 223 g/mol. The normalized spacial score (nSPS) is 10.4. The first-order valence-corrected chi connectivity index (χ1v) is 5.71. The summed E-state index contributed by atoms with van der Waals surface area (Å²) in [5.74, 6) is 0. The van der Waals surface area contributed by atoms with E-state index in [2.05, 4.69) is 24.4 Å². The highest BCUT2D eigenvalue weighted by Crippen LogP contribution is 2.12. The van der Waals surface area contributed by atoms with Crippen molar-refractivity contribution >= 4 is 5.69 Å². The van der Waals surface area contributed by atoms with Crippen LogP contribution in [0.5, 0.6) is 0 Å². The van der Waals surface area contributed by atoms with Crippen LogP contribution in [0.4, 0.5) is 5.69 Å². The second-order valence-electron chi connectivity index (χ2n) is 3.70. The van der Waals surface area contributed by atoms with Crippen LogP contribution in [-0.2, 0) is 9.47 Å². The van der Waals surface area contributed by atoms with E-state index in [1.165, 1.54) is 11.3 Å². The molecule has 0 heterocycles. The zero-order valence-corrected chi connectivity index (χ0v) is 10.2. The van der Waals surface area contributed by atoms with Crippen LogP contribution in [-0.4, -0.2) is 33.5 Å². The maximum atomic E-state index is 5.45. The van der Waals surface area contributed by atoms with E-state index in [0.29, 0.717) is 0 Å². The fourth-order valence-electron chi connectivity index (χ4n) is 1.44. The van der Waals surface area contributed by atoms with Gasteiger partial charge in [0.2, 0.25) is 0 Å². The van der Waals surface area contributed by atoms with E-state index in [1.807, 2.05) is 12.1 Å². The van der Waals surface area contributed by atoms with E-state index < -0.39 is 0 Å². The van der Waals surface area contributed by atoms with Crippen LogP contribution in [0.25, 0.3) is 0 Å². The van der Waals surface area contributed by atoms with E-state index in [-0.39, 0.29) is 0 Å². The predicted octanol–water partition coefficient (Wildman–Crippen LogP) is 2.46. The third-order valence-electron chi connectivity index (χ3n) is 2.34. The first-order chi connectivity index (χ1) is 7.84. The number of hydrogen-bond acceptors (Lipinski definition) is 3.